The second-order valence-electron chi connectivity index (χ2n) is 4.92. The van der Waals surface area contributed by atoms with Gasteiger partial charge < -0.3 is 34.5 Å². The largest absolute Gasteiger partial charge is 0.463 e. The number of amides is 1. The van der Waals surface area contributed by atoms with Gasteiger partial charge in [0.05, 0.1) is 0 Å². The van der Waals surface area contributed by atoms with E-state index in [1.165, 1.54) is 0 Å². The van der Waals surface area contributed by atoms with Crippen molar-refractivity contribution in [3.05, 3.63) is 0 Å². The lowest BCUT2D eigenvalue weighted by atomic mass is 9.98. The monoisotopic (exact) mass is 349 g/mol. The minimum atomic E-state index is -1.73. The van der Waals surface area contributed by atoms with Crippen molar-refractivity contribution in [2.75, 3.05) is 6.61 Å². The highest BCUT2D eigenvalue weighted by Gasteiger charge is 2.51. The van der Waals surface area contributed by atoms with Gasteiger partial charge in [-0.15, -0.1) is 0 Å². The minimum absolute atomic E-state index is 0.407. The Morgan fingerprint density at radius 1 is 0.917 bits per heavy atom. The van der Waals surface area contributed by atoms with Crippen molar-refractivity contribution >= 4 is 24.0 Å². The molecule has 1 fully saturated rings. The molecule has 1 aliphatic heterocycles. The van der Waals surface area contributed by atoms with Gasteiger partial charge in [-0.1, -0.05) is 0 Å². The Hall–Kier alpha value is -2.40. The Bertz CT molecular complexity index is 507. The van der Waals surface area contributed by atoms with E-state index in [1.54, 1.807) is 0 Å². The van der Waals surface area contributed by atoms with Gasteiger partial charge >= 0.3 is 24.0 Å². The molecule has 0 saturated carbocycles. The Kier molecular flexibility index (Phi) is 6.92. The number of aliphatic hydroxyl groups excluding tert-OH is 1. The van der Waals surface area contributed by atoms with Crippen molar-refractivity contribution in [3.63, 3.8) is 0 Å². The zero-order valence-corrected chi connectivity index (χ0v) is 13.3. The van der Waals surface area contributed by atoms with E-state index in [-0.39, 0.29) is 0 Å². The molecule has 0 spiro atoms. The maximum absolute atomic E-state index is 11.3. The lowest BCUT2D eigenvalue weighted by Gasteiger charge is -2.42. The molecule has 0 aromatic carbocycles. The molecule has 0 bridgehead atoms. The van der Waals surface area contributed by atoms with Crippen LogP contribution in [0.1, 0.15) is 20.8 Å². The summed E-state index contributed by atoms with van der Waals surface area (Å²) >= 11 is 0. The number of hydrogen-bond donors (Lipinski definition) is 2. The molecule has 1 amide bonds. The Morgan fingerprint density at radius 3 is 1.92 bits per heavy atom. The molecule has 0 aromatic heterocycles. The molecule has 3 N–H and O–H groups in total. The predicted molar refractivity (Wildman–Crippen MR) is 73.1 cm³/mol. The van der Waals surface area contributed by atoms with Gasteiger partial charge in [0.15, 0.2) is 24.6 Å². The summed E-state index contributed by atoms with van der Waals surface area (Å²) in [5.74, 6) is -2.22. The van der Waals surface area contributed by atoms with E-state index in [0.717, 1.165) is 20.8 Å². The standard InChI is InChI=1S/C13H19NO10/c1-5(15)20-4-8-9(21-6(2)16)10(24-13(14)19)11(12(18)23-8)22-7(3)17/h8-12,18H,4H2,1-3H3,(H2,14,19)/t8-,9-,10+,11+,12+/m1/s1. The topological polar surface area (TPSA) is 161 Å². The number of primary amides is 1. The van der Waals surface area contributed by atoms with Crippen LogP contribution in [0.5, 0.6) is 0 Å². The Morgan fingerprint density at radius 2 is 1.46 bits per heavy atom. The van der Waals surface area contributed by atoms with E-state index in [4.69, 9.17) is 29.4 Å². The van der Waals surface area contributed by atoms with Crippen LogP contribution in [0.3, 0.4) is 0 Å². The van der Waals surface area contributed by atoms with Gasteiger partial charge in [0.2, 0.25) is 0 Å². The lowest BCUT2D eigenvalue weighted by Crippen LogP contribution is -2.62. The Balaban J connectivity index is 3.11. The summed E-state index contributed by atoms with van der Waals surface area (Å²) in [6.07, 6.45) is -8.45. The van der Waals surface area contributed by atoms with Crippen LogP contribution in [0.2, 0.25) is 0 Å². The highest BCUT2D eigenvalue weighted by atomic mass is 16.7. The molecule has 136 valence electrons. The van der Waals surface area contributed by atoms with Gasteiger partial charge in [-0.2, -0.15) is 0 Å². The fraction of sp³-hybridized carbons (Fsp3) is 0.692. The summed E-state index contributed by atoms with van der Waals surface area (Å²) in [5, 5.41) is 9.98. The van der Waals surface area contributed by atoms with Gasteiger partial charge in [-0.05, 0) is 0 Å². The molecular formula is C13H19NO10. The molecule has 1 rings (SSSR count). The lowest BCUT2D eigenvalue weighted by molar-refractivity contribution is -0.292. The van der Waals surface area contributed by atoms with Crippen molar-refractivity contribution in [3.8, 4) is 0 Å². The van der Waals surface area contributed by atoms with Crippen molar-refractivity contribution < 1.29 is 48.0 Å². The summed E-state index contributed by atoms with van der Waals surface area (Å²) in [6, 6.07) is 0. The number of carbonyl (C=O) groups excluding carboxylic acids is 4. The molecule has 11 nitrogen and oxygen atoms in total. The maximum Gasteiger partial charge on any atom is 0.405 e. The van der Waals surface area contributed by atoms with Crippen LogP contribution in [-0.4, -0.2) is 66.4 Å². The van der Waals surface area contributed by atoms with E-state index in [9.17, 15) is 24.3 Å². The highest BCUT2D eigenvalue weighted by Crippen LogP contribution is 2.27. The van der Waals surface area contributed by atoms with E-state index in [2.05, 4.69) is 0 Å². The summed E-state index contributed by atoms with van der Waals surface area (Å²) in [6.45, 7) is 2.87. The van der Waals surface area contributed by atoms with E-state index in [1.807, 2.05) is 0 Å². The van der Waals surface area contributed by atoms with Gasteiger partial charge in [0, 0.05) is 20.8 Å². The molecule has 0 aromatic rings. The number of nitrogens with two attached hydrogens (primary N) is 1. The zero-order valence-electron chi connectivity index (χ0n) is 13.3. The molecule has 1 saturated heterocycles. The number of ether oxygens (including phenoxy) is 5. The maximum atomic E-state index is 11.3. The fourth-order valence-corrected chi connectivity index (χ4v) is 2.15. The second kappa shape index (κ2) is 8.45. The third-order valence-electron chi connectivity index (χ3n) is 2.92. The summed E-state index contributed by atoms with van der Waals surface area (Å²) in [4.78, 5) is 44.6. The van der Waals surface area contributed by atoms with Gasteiger partial charge in [-0.3, -0.25) is 14.4 Å². The number of carbonyl (C=O) groups is 4. The molecule has 1 heterocycles. The molecule has 24 heavy (non-hydrogen) atoms. The zero-order chi connectivity index (χ0) is 18.4. The van der Waals surface area contributed by atoms with Crippen LogP contribution in [0.15, 0.2) is 0 Å². The highest BCUT2D eigenvalue weighted by molar-refractivity contribution is 5.68. The molecule has 0 unspecified atom stereocenters. The first-order chi connectivity index (χ1) is 11.1. The SMILES string of the molecule is CC(=O)OC[C@H]1O[C@H](O)[C@@H](OC(C)=O)[C@@H](OC(N)=O)[C@@H]1OC(C)=O. The van der Waals surface area contributed by atoms with E-state index in [0.29, 0.717) is 0 Å². The first kappa shape index (κ1) is 19.6. The van der Waals surface area contributed by atoms with Crippen LogP contribution in [0, 0.1) is 0 Å². The van der Waals surface area contributed by atoms with Crippen molar-refractivity contribution in [1.29, 1.82) is 0 Å². The van der Waals surface area contributed by atoms with Crippen molar-refractivity contribution in [1.82, 2.24) is 0 Å². The van der Waals surface area contributed by atoms with Gasteiger partial charge in [0.1, 0.15) is 12.7 Å². The van der Waals surface area contributed by atoms with E-state index >= 15 is 0 Å². The summed E-state index contributed by atoms with van der Waals surface area (Å²) in [5.41, 5.74) is 4.97. The molecule has 1 aliphatic rings. The molecular weight excluding hydrogens is 330 g/mol. The number of rotatable bonds is 5. The van der Waals surface area contributed by atoms with Gasteiger partial charge in [-0.25, -0.2) is 4.79 Å². The molecule has 11 heteroatoms. The first-order valence-electron chi connectivity index (χ1n) is 6.89. The van der Waals surface area contributed by atoms with E-state index < -0.39 is 61.3 Å². The van der Waals surface area contributed by atoms with Crippen molar-refractivity contribution in [2.24, 2.45) is 5.73 Å². The molecule has 0 radical (unpaired) electrons. The van der Waals surface area contributed by atoms with Crippen LogP contribution in [0.4, 0.5) is 4.79 Å². The van der Waals surface area contributed by atoms with Crippen LogP contribution >= 0.6 is 0 Å². The predicted octanol–water partition coefficient (Wildman–Crippen LogP) is -1.41. The van der Waals surface area contributed by atoms with Crippen LogP contribution in [-0.2, 0) is 38.1 Å². The summed E-state index contributed by atoms with van der Waals surface area (Å²) in [7, 11) is 0. The van der Waals surface area contributed by atoms with Crippen molar-refractivity contribution in [2.45, 2.75) is 51.5 Å². The second-order valence-corrected chi connectivity index (χ2v) is 4.92. The Labute approximate surface area is 136 Å². The van der Waals surface area contributed by atoms with Crippen LogP contribution < -0.4 is 5.73 Å². The smallest absolute Gasteiger partial charge is 0.405 e. The quantitative estimate of drug-likeness (QED) is 0.446. The normalized spacial score (nSPS) is 29.2. The number of hydrogen-bond acceptors (Lipinski definition) is 10. The number of esters is 3. The average Bonchev–Trinajstić information content (AvgIpc) is 2.42. The molecule has 5 atom stereocenters. The minimum Gasteiger partial charge on any atom is -0.463 e. The third kappa shape index (κ3) is 5.66. The third-order valence-corrected chi connectivity index (χ3v) is 2.92. The first-order valence-corrected chi connectivity index (χ1v) is 6.89. The summed E-state index contributed by atoms with van der Waals surface area (Å²) < 4.78 is 24.6. The average molecular weight is 349 g/mol. The van der Waals surface area contributed by atoms with Gasteiger partial charge in [0.25, 0.3) is 0 Å². The number of aliphatic hydroxyl groups is 1. The van der Waals surface area contributed by atoms with Crippen LogP contribution in [0.25, 0.3) is 0 Å². The molecule has 0 aliphatic carbocycles. The fourth-order valence-electron chi connectivity index (χ4n) is 2.15.